The molecule has 0 saturated heterocycles. The van der Waals surface area contributed by atoms with Gasteiger partial charge < -0.3 is 10.3 Å². The van der Waals surface area contributed by atoms with Crippen LogP contribution >= 0.6 is 0 Å². The van der Waals surface area contributed by atoms with Gasteiger partial charge in [0.2, 0.25) is 0 Å². The SMILES string of the molecule is Cc1cccc(-c2cc(CN)on2)c1. The predicted octanol–water partition coefficient (Wildman–Crippen LogP) is 2.11. The van der Waals surface area contributed by atoms with E-state index in [4.69, 9.17) is 10.3 Å². The molecule has 3 heteroatoms. The zero-order valence-corrected chi connectivity index (χ0v) is 8.03. The highest BCUT2D eigenvalue weighted by Gasteiger charge is 2.04. The van der Waals surface area contributed by atoms with Crippen molar-refractivity contribution in [2.75, 3.05) is 0 Å². The van der Waals surface area contributed by atoms with Gasteiger partial charge >= 0.3 is 0 Å². The quantitative estimate of drug-likeness (QED) is 0.785. The van der Waals surface area contributed by atoms with Gasteiger partial charge in [-0.15, -0.1) is 0 Å². The first-order valence-corrected chi connectivity index (χ1v) is 4.52. The number of hydrogen-bond donors (Lipinski definition) is 1. The molecule has 1 aromatic carbocycles. The van der Waals surface area contributed by atoms with Gasteiger partial charge in [-0.1, -0.05) is 28.9 Å². The lowest BCUT2D eigenvalue weighted by atomic mass is 10.1. The Kier molecular flexibility index (Phi) is 2.33. The molecule has 0 radical (unpaired) electrons. The number of rotatable bonds is 2. The molecule has 2 rings (SSSR count). The summed E-state index contributed by atoms with van der Waals surface area (Å²) >= 11 is 0. The van der Waals surface area contributed by atoms with Crippen LogP contribution in [0.25, 0.3) is 11.3 Å². The Labute approximate surface area is 82.5 Å². The van der Waals surface area contributed by atoms with Gasteiger partial charge in [-0.2, -0.15) is 0 Å². The Balaban J connectivity index is 2.39. The van der Waals surface area contributed by atoms with E-state index in [0.29, 0.717) is 12.3 Å². The molecule has 0 bridgehead atoms. The number of benzene rings is 1. The van der Waals surface area contributed by atoms with E-state index in [1.54, 1.807) is 0 Å². The Morgan fingerprint density at radius 3 is 2.86 bits per heavy atom. The van der Waals surface area contributed by atoms with Crippen molar-refractivity contribution in [1.29, 1.82) is 0 Å². The summed E-state index contributed by atoms with van der Waals surface area (Å²) in [6, 6.07) is 9.99. The van der Waals surface area contributed by atoms with Crippen molar-refractivity contribution >= 4 is 0 Å². The lowest BCUT2D eigenvalue weighted by Gasteiger charge is -1.95. The second-order valence-electron chi connectivity index (χ2n) is 3.25. The van der Waals surface area contributed by atoms with Gasteiger partial charge in [0, 0.05) is 11.6 Å². The minimum Gasteiger partial charge on any atom is -0.359 e. The van der Waals surface area contributed by atoms with E-state index in [0.717, 1.165) is 11.3 Å². The largest absolute Gasteiger partial charge is 0.359 e. The van der Waals surface area contributed by atoms with Gasteiger partial charge in [-0.3, -0.25) is 0 Å². The second kappa shape index (κ2) is 3.64. The Bertz CT molecular complexity index is 434. The Hall–Kier alpha value is -1.61. The number of aryl methyl sites for hydroxylation is 1. The van der Waals surface area contributed by atoms with Crippen molar-refractivity contribution < 1.29 is 4.52 Å². The molecule has 1 heterocycles. The molecular formula is C11H12N2O. The van der Waals surface area contributed by atoms with Crippen molar-refractivity contribution in [2.24, 2.45) is 5.73 Å². The molecule has 0 spiro atoms. The molecule has 3 nitrogen and oxygen atoms in total. The summed E-state index contributed by atoms with van der Waals surface area (Å²) in [5.41, 5.74) is 8.55. The predicted molar refractivity (Wildman–Crippen MR) is 54.6 cm³/mol. The molecule has 0 aliphatic heterocycles. The van der Waals surface area contributed by atoms with E-state index in [1.807, 2.05) is 31.2 Å². The van der Waals surface area contributed by atoms with Gasteiger partial charge in [0.15, 0.2) is 5.76 Å². The first-order valence-electron chi connectivity index (χ1n) is 4.52. The maximum Gasteiger partial charge on any atom is 0.150 e. The summed E-state index contributed by atoms with van der Waals surface area (Å²) < 4.78 is 5.03. The Morgan fingerprint density at radius 2 is 2.21 bits per heavy atom. The molecule has 14 heavy (non-hydrogen) atoms. The van der Waals surface area contributed by atoms with E-state index < -0.39 is 0 Å². The molecule has 1 aromatic heterocycles. The molecule has 0 saturated carbocycles. The van der Waals surface area contributed by atoms with Crippen LogP contribution in [0.5, 0.6) is 0 Å². The lowest BCUT2D eigenvalue weighted by Crippen LogP contribution is -1.92. The number of nitrogens with zero attached hydrogens (tertiary/aromatic N) is 1. The van der Waals surface area contributed by atoms with Crippen LogP contribution < -0.4 is 5.73 Å². The fraction of sp³-hybridized carbons (Fsp3) is 0.182. The summed E-state index contributed by atoms with van der Waals surface area (Å²) in [7, 11) is 0. The summed E-state index contributed by atoms with van der Waals surface area (Å²) in [5.74, 6) is 0.710. The number of hydrogen-bond acceptors (Lipinski definition) is 3. The van der Waals surface area contributed by atoms with E-state index in [2.05, 4.69) is 11.2 Å². The summed E-state index contributed by atoms with van der Waals surface area (Å²) in [6.07, 6.45) is 0. The molecule has 0 atom stereocenters. The monoisotopic (exact) mass is 188 g/mol. The van der Waals surface area contributed by atoms with Crippen molar-refractivity contribution in [1.82, 2.24) is 5.16 Å². The van der Waals surface area contributed by atoms with Gasteiger partial charge in [-0.05, 0) is 13.0 Å². The number of aromatic nitrogens is 1. The summed E-state index contributed by atoms with van der Waals surface area (Å²) in [5, 5.41) is 3.94. The zero-order chi connectivity index (χ0) is 9.97. The molecule has 2 aromatic rings. The smallest absolute Gasteiger partial charge is 0.150 e. The average molecular weight is 188 g/mol. The third kappa shape index (κ3) is 1.67. The average Bonchev–Trinajstić information content (AvgIpc) is 2.66. The number of nitrogens with two attached hydrogens (primary N) is 1. The van der Waals surface area contributed by atoms with Gasteiger partial charge in [0.05, 0.1) is 6.54 Å². The molecule has 72 valence electrons. The van der Waals surface area contributed by atoms with Crippen molar-refractivity contribution in [3.8, 4) is 11.3 Å². The first-order chi connectivity index (χ1) is 6.79. The fourth-order valence-electron chi connectivity index (χ4n) is 1.35. The highest BCUT2D eigenvalue weighted by molar-refractivity contribution is 5.59. The van der Waals surface area contributed by atoms with Crippen LogP contribution in [0.3, 0.4) is 0 Å². The zero-order valence-electron chi connectivity index (χ0n) is 8.03. The maximum atomic E-state index is 5.44. The van der Waals surface area contributed by atoms with Crippen LogP contribution in [-0.4, -0.2) is 5.16 Å². The van der Waals surface area contributed by atoms with Crippen LogP contribution in [0, 0.1) is 6.92 Å². The molecule has 0 unspecified atom stereocenters. The minimum atomic E-state index is 0.388. The van der Waals surface area contributed by atoms with Crippen molar-refractivity contribution in [2.45, 2.75) is 13.5 Å². The minimum absolute atomic E-state index is 0.388. The molecule has 0 fully saturated rings. The molecule has 0 amide bonds. The van der Waals surface area contributed by atoms with E-state index >= 15 is 0 Å². The van der Waals surface area contributed by atoms with E-state index in [-0.39, 0.29) is 0 Å². The van der Waals surface area contributed by atoms with E-state index in [1.165, 1.54) is 5.56 Å². The van der Waals surface area contributed by atoms with Gasteiger partial charge in [0.1, 0.15) is 5.69 Å². The third-order valence-corrected chi connectivity index (χ3v) is 2.07. The highest BCUT2D eigenvalue weighted by atomic mass is 16.5. The summed E-state index contributed by atoms with van der Waals surface area (Å²) in [6.45, 7) is 2.44. The first kappa shape index (κ1) is 8.97. The van der Waals surface area contributed by atoms with Gasteiger partial charge in [-0.25, -0.2) is 0 Å². The van der Waals surface area contributed by atoms with Crippen LogP contribution in [0.15, 0.2) is 34.9 Å². The lowest BCUT2D eigenvalue weighted by molar-refractivity contribution is 0.387. The second-order valence-corrected chi connectivity index (χ2v) is 3.25. The summed E-state index contributed by atoms with van der Waals surface area (Å²) in [4.78, 5) is 0. The van der Waals surface area contributed by atoms with Crippen LogP contribution in [0.2, 0.25) is 0 Å². The van der Waals surface area contributed by atoms with Crippen molar-refractivity contribution in [3.63, 3.8) is 0 Å². The molecule has 0 aliphatic carbocycles. The molecule has 2 N–H and O–H groups in total. The Morgan fingerprint density at radius 1 is 1.36 bits per heavy atom. The van der Waals surface area contributed by atoms with Crippen LogP contribution in [0.4, 0.5) is 0 Å². The fourth-order valence-corrected chi connectivity index (χ4v) is 1.35. The topological polar surface area (TPSA) is 52.0 Å². The third-order valence-electron chi connectivity index (χ3n) is 2.07. The normalized spacial score (nSPS) is 10.4. The standard InChI is InChI=1S/C11H12N2O/c1-8-3-2-4-9(5-8)11-6-10(7-12)14-13-11/h2-6H,7,12H2,1H3. The van der Waals surface area contributed by atoms with Gasteiger partial charge in [0.25, 0.3) is 0 Å². The van der Waals surface area contributed by atoms with Crippen molar-refractivity contribution in [3.05, 3.63) is 41.7 Å². The maximum absolute atomic E-state index is 5.44. The van der Waals surface area contributed by atoms with Crippen LogP contribution in [-0.2, 0) is 6.54 Å². The van der Waals surface area contributed by atoms with E-state index in [9.17, 15) is 0 Å². The molecule has 0 aliphatic rings. The molecular weight excluding hydrogens is 176 g/mol. The van der Waals surface area contributed by atoms with Crippen LogP contribution in [0.1, 0.15) is 11.3 Å². The highest BCUT2D eigenvalue weighted by Crippen LogP contribution is 2.19.